The molecule has 1 heterocycles. The van der Waals surface area contributed by atoms with Gasteiger partial charge in [-0.2, -0.15) is 0 Å². The third-order valence-electron chi connectivity index (χ3n) is 5.74. The van der Waals surface area contributed by atoms with E-state index in [1.807, 2.05) is 13.8 Å². The van der Waals surface area contributed by atoms with Crippen molar-refractivity contribution in [3.63, 3.8) is 0 Å². The number of hydrogen-bond donors (Lipinski definition) is 2. The summed E-state index contributed by atoms with van der Waals surface area (Å²) in [5.74, 6) is -0.0579. The molecule has 6 nitrogen and oxygen atoms in total. The monoisotopic (exact) mass is 373 g/mol. The Morgan fingerprint density at radius 3 is 2.56 bits per heavy atom. The first kappa shape index (κ1) is 19.8. The van der Waals surface area contributed by atoms with Crippen LogP contribution in [0.15, 0.2) is 24.3 Å². The number of carbonyl (C=O) groups excluding carboxylic acids is 2. The van der Waals surface area contributed by atoms with E-state index in [0.717, 1.165) is 19.4 Å². The molecule has 2 N–H and O–H groups in total. The van der Waals surface area contributed by atoms with Crippen LogP contribution in [-0.4, -0.2) is 71.1 Å². The quantitative estimate of drug-likeness (QED) is 0.747. The predicted octanol–water partition coefficient (Wildman–Crippen LogP) is 0.964. The van der Waals surface area contributed by atoms with E-state index in [9.17, 15) is 9.59 Å². The van der Waals surface area contributed by atoms with E-state index < -0.39 is 6.04 Å². The lowest BCUT2D eigenvalue weighted by atomic mass is 10.0. The van der Waals surface area contributed by atoms with Crippen LogP contribution in [0.5, 0.6) is 0 Å². The summed E-state index contributed by atoms with van der Waals surface area (Å²) in [5, 5.41) is 12.0. The number of piperazine rings is 1. The average Bonchev–Trinajstić information content (AvgIpc) is 3.07. The lowest BCUT2D eigenvalue weighted by molar-refractivity contribution is -0.141. The predicted molar refractivity (Wildman–Crippen MR) is 104 cm³/mol. The smallest absolute Gasteiger partial charge is 0.237 e. The van der Waals surface area contributed by atoms with Gasteiger partial charge in [0, 0.05) is 38.3 Å². The van der Waals surface area contributed by atoms with E-state index in [0.29, 0.717) is 19.5 Å². The van der Waals surface area contributed by atoms with Crippen LogP contribution in [0.2, 0.25) is 0 Å². The second-order valence-corrected chi connectivity index (χ2v) is 7.84. The number of carbonyl (C=O) groups is 2. The van der Waals surface area contributed by atoms with Gasteiger partial charge in [0.25, 0.3) is 0 Å². The molecule has 1 aliphatic carbocycles. The molecular formula is C21H31N3O3. The zero-order valence-electron chi connectivity index (χ0n) is 16.4. The van der Waals surface area contributed by atoms with Gasteiger partial charge in [-0.05, 0) is 44.2 Å². The van der Waals surface area contributed by atoms with Crippen molar-refractivity contribution in [2.75, 3.05) is 26.2 Å². The van der Waals surface area contributed by atoms with Crippen LogP contribution in [0.4, 0.5) is 0 Å². The van der Waals surface area contributed by atoms with Gasteiger partial charge >= 0.3 is 0 Å². The summed E-state index contributed by atoms with van der Waals surface area (Å²) in [6.07, 6.45) is 2.63. The number of nitrogens with one attached hydrogen (secondary N) is 1. The molecule has 1 saturated heterocycles. The van der Waals surface area contributed by atoms with Crippen LogP contribution < -0.4 is 5.32 Å². The molecule has 0 aromatic heterocycles. The summed E-state index contributed by atoms with van der Waals surface area (Å²) in [6.45, 7) is 5.95. The minimum Gasteiger partial charge on any atom is -0.396 e. The summed E-state index contributed by atoms with van der Waals surface area (Å²) >= 11 is 0. The molecule has 0 bridgehead atoms. The van der Waals surface area contributed by atoms with Gasteiger partial charge in [-0.25, -0.2) is 0 Å². The number of aliphatic hydroxyl groups is 1. The molecule has 0 spiro atoms. The zero-order valence-corrected chi connectivity index (χ0v) is 16.4. The molecule has 0 unspecified atom stereocenters. The third-order valence-corrected chi connectivity index (χ3v) is 5.74. The van der Waals surface area contributed by atoms with E-state index in [1.165, 1.54) is 11.1 Å². The maximum absolute atomic E-state index is 12.9. The molecule has 1 aromatic rings. The molecule has 1 aromatic carbocycles. The SMILES string of the molecule is CC(C)N(CCCO)C(=O)C[C@@H]1C(=O)NCCN1C1Cc2ccccc2C1. The molecule has 2 amide bonds. The Balaban J connectivity index is 1.71. The number of amides is 2. The summed E-state index contributed by atoms with van der Waals surface area (Å²) in [4.78, 5) is 29.5. The van der Waals surface area contributed by atoms with Crippen LogP contribution in [0.3, 0.4) is 0 Å². The molecule has 0 radical (unpaired) electrons. The van der Waals surface area contributed by atoms with Crippen molar-refractivity contribution in [3.05, 3.63) is 35.4 Å². The summed E-state index contributed by atoms with van der Waals surface area (Å²) in [7, 11) is 0. The van der Waals surface area contributed by atoms with Crippen LogP contribution in [0, 0.1) is 0 Å². The highest BCUT2D eigenvalue weighted by atomic mass is 16.3. The number of nitrogens with zero attached hydrogens (tertiary/aromatic N) is 2. The highest BCUT2D eigenvalue weighted by Crippen LogP contribution is 2.28. The molecule has 27 heavy (non-hydrogen) atoms. The second kappa shape index (κ2) is 8.85. The molecule has 0 saturated carbocycles. The van der Waals surface area contributed by atoms with Gasteiger partial charge in [-0.3, -0.25) is 14.5 Å². The van der Waals surface area contributed by atoms with E-state index in [-0.39, 0.29) is 36.9 Å². The Labute approximate surface area is 161 Å². The van der Waals surface area contributed by atoms with Gasteiger partial charge in [0.15, 0.2) is 0 Å². The van der Waals surface area contributed by atoms with Crippen LogP contribution >= 0.6 is 0 Å². The summed E-state index contributed by atoms with van der Waals surface area (Å²) in [5.41, 5.74) is 2.70. The largest absolute Gasteiger partial charge is 0.396 e. The highest BCUT2D eigenvalue weighted by Gasteiger charge is 2.38. The fourth-order valence-corrected chi connectivity index (χ4v) is 4.34. The molecule has 2 aliphatic rings. The molecule has 1 fully saturated rings. The Bertz CT molecular complexity index is 651. The first-order chi connectivity index (χ1) is 13.0. The van der Waals surface area contributed by atoms with Gasteiger partial charge in [0.1, 0.15) is 0 Å². The number of rotatable bonds is 7. The van der Waals surface area contributed by atoms with Crippen molar-refractivity contribution in [1.29, 1.82) is 0 Å². The fourth-order valence-electron chi connectivity index (χ4n) is 4.34. The Hall–Kier alpha value is -1.92. The van der Waals surface area contributed by atoms with E-state index in [1.54, 1.807) is 4.90 Å². The van der Waals surface area contributed by atoms with Crippen LogP contribution in [-0.2, 0) is 22.4 Å². The zero-order chi connectivity index (χ0) is 19.4. The maximum Gasteiger partial charge on any atom is 0.237 e. The number of fused-ring (bicyclic) bond motifs is 1. The number of aliphatic hydroxyl groups excluding tert-OH is 1. The average molecular weight is 373 g/mol. The minimum absolute atomic E-state index is 0.0130. The van der Waals surface area contributed by atoms with Crippen molar-refractivity contribution in [1.82, 2.24) is 15.1 Å². The normalized spacial score (nSPS) is 20.6. The molecule has 3 rings (SSSR count). The Morgan fingerprint density at radius 1 is 1.30 bits per heavy atom. The van der Waals surface area contributed by atoms with Crippen LogP contribution in [0.1, 0.15) is 37.8 Å². The molecule has 1 aliphatic heterocycles. The topological polar surface area (TPSA) is 72.9 Å². The van der Waals surface area contributed by atoms with E-state index >= 15 is 0 Å². The minimum atomic E-state index is -0.416. The van der Waals surface area contributed by atoms with Crippen molar-refractivity contribution < 1.29 is 14.7 Å². The summed E-state index contributed by atoms with van der Waals surface area (Å²) in [6, 6.07) is 8.36. The van der Waals surface area contributed by atoms with E-state index in [4.69, 9.17) is 5.11 Å². The Morgan fingerprint density at radius 2 is 1.96 bits per heavy atom. The number of hydrogen-bond acceptors (Lipinski definition) is 4. The van der Waals surface area contributed by atoms with Gasteiger partial charge in [0.05, 0.1) is 12.5 Å². The first-order valence-corrected chi connectivity index (χ1v) is 10.0. The second-order valence-electron chi connectivity index (χ2n) is 7.84. The number of benzene rings is 1. The third kappa shape index (κ3) is 4.50. The molecule has 1 atom stereocenters. The van der Waals surface area contributed by atoms with Gasteiger partial charge in [-0.15, -0.1) is 0 Å². The highest BCUT2D eigenvalue weighted by molar-refractivity contribution is 5.89. The van der Waals surface area contributed by atoms with E-state index in [2.05, 4.69) is 34.5 Å². The Kier molecular flexibility index (Phi) is 6.50. The van der Waals surface area contributed by atoms with Crippen molar-refractivity contribution >= 4 is 11.8 Å². The van der Waals surface area contributed by atoms with Gasteiger partial charge in [-0.1, -0.05) is 24.3 Å². The lowest BCUT2D eigenvalue weighted by Crippen LogP contribution is -2.60. The van der Waals surface area contributed by atoms with Crippen molar-refractivity contribution in [2.45, 2.75) is 57.7 Å². The fraction of sp³-hybridized carbons (Fsp3) is 0.619. The molecule has 148 valence electrons. The van der Waals surface area contributed by atoms with Crippen molar-refractivity contribution in [2.24, 2.45) is 0 Å². The summed E-state index contributed by atoms with van der Waals surface area (Å²) < 4.78 is 0. The molecular weight excluding hydrogens is 342 g/mol. The standard InChI is InChI=1S/C21H31N3O3/c1-15(2)23(9-5-11-25)20(26)14-19-21(27)22-8-10-24(19)18-12-16-6-3-4-7-17(16)13-18/h3-4,6-7,15,18-19,25H,5,8-14H2,1-2H3,(H,22,27)/t19-/m1/s1. The first-order valence-electron chi connectivity index (χ1n) is 10.0. The van der Waals surface area contributed by atoms with Crippen molar-refractivity contribution in [3.8, 4) is 0 Å². The maximum atomic E-state index is 12.9. The lowest BCUT2D eigenvalue weighted by Gasteiger charge is -2.40. The van der Waals surface area contributed by atoms with Crippen LogP contribution in [0.25, 0.3) is 0 Å². The molecule has 6 heteroatoms. The van der Waals surface area contributed by atoms with Gasteiger partial charge in [0.2, 0.25) is 11.8 Å². The van der Waals surface area contributed by atoms with Gasteiger partial charge < -0.3 is 15.3 Å².